The second kappa shape index (κ2) is 6.63. The van der Waals surface area contributed by atoms with Crippen molar-refractivity contribution in [2.45, 2.75) is 37.5 Å². The Morgan fingerprint density at radius 1 is 1.39 bits per heavy atom. The molecule has 18 heavy (non-hydrogen) atoms. The molecule has 0 spiro atoms. The number of carbonyl (C=O) groups is 1. The molecule has 98 valence electrons. The molecule has 3 heteroatoms. The van der Waals surface area contributed by atoms with Gasteiger partial charge in [-0.25, -0.2) is 0 Å². The monoisotopic (exact) mass is 282 g/mol. The molecule has 2 atom stereocenters. The predicted molar refractivity (Wildman–Crippen MR) is 78.3 cm³/mol. The van der Waals surface area contributed by atoms with Crippen molar-refractivity contribution in [3.8, 4) is 0 Å². The van der Waals surface area contributed by atoms with Crippen LogP contribution in [0.5, 0.6) is 0 Å². The fourth-order valence-electron chi connectivity index (χ4n) is 2.56. The van der Waals surface area contributed by atoms with Crippen LogP contribution in [0.25, 0.3) is 0 Å². The first-order valence-corrected chi connectivity index (χ1v) is 7.93. The number of ketones is 1. The minimum absolute atomic E-state index is 0.281. The van der Waals surface area contributed by atoms with Gasteiger partial charge in [-0.3, -0.25) is 4.79 Å². The van der Waals surface area contributed by atoms with Gasteiger partial charge in [-0.05, 0) is 30.9 Å². The van der Waals surface area contributed by atoms with Gasteiger partial charge >= 0.3 is 0 Å². The summed E-state index contributed by atoms with van der Waals surface area (Å²) in [4.78, 5) is 13.2. The quantitative estimate of drug-likeness (QED) is 0.736. The van der Waals surface area contributed by atoms with Gasteiger partial charge in [0.05, 0.1) is 10.8 Å². The van der Waals surface area contributed by atoms with Crippen molar-refractivity contribution in [2.24, 2.45) is 11.8 Å². The van der Waals surface area contributed by atoms with Gasteiger partial charge in [0, 0.05) is 10.8 Å². The Morgan fingerprint density at radius 2 is 2.17 bits per heavy atom. The summed E-state index contributed by atoms with van der Waals surface area (Å²) in [6.45, 7) is 2.25. The molecule has 1 fully saturated rings. The molecule has 1 aliphatic carbocycles. The topological polar surface area (TPSA) is 17.1 Å². The molecule has 1 aliphatic rings. The van der Waals surface area contributed by atoms with Gasteiger partial charge in [0.1, 0.15) is 5.78 Å². The standard InChI is InChI=1S/C15H19ClOS/c1-11-5-4-6-12(9-11)14(17)10-18-15-8-3-2-7-13(15)16/h2-3,7-8,11-12H,4-6,9-10H2,1H3. The van der Waals surface area contributed by atoms with Gasteiger partial charge in [0.15, 0.2) is 0 Å². The summed E-state index contributed by atoms with van der Waals surface area (Å²) in [7, 11) is 0. The van der Waals surface area contributed by atoms with Crippen molar-refractivity contribution in [1.29, 1.82) is 0 Å². The third kappa shape index (κ3) is 3.76. The van der Waals surface area contributed by atoms with E-state index in [9.17, 15) is 4.79 Å². The number of hydrogen-bond donors (Lipinski definition) is 0. The third-order valence-corrected chi connectivity index (χ3v) is 5.14. The van der Waals surface area contributed by atoms with Crippen LogP contribution in [0.1, 0.15) is 32.6 Å². The van der Waals surface area contributed by atoms with E-state index in [-0.39, 0.29) is 5.92 Å². The summed E-state index contributed by atoms with van der Waals surface area (Å²) in [6.07, 6.45) is 4.63. The zero-order chi connectivity index (χ0) is 13.0. The van der Waals surface area contributed by atoms with Gasteiger partial charge in [0.2, 0.25) is 0 Å². The van der Waals surface area contributed by atoms with Crippen LogP contribution >= 0.6 is 23.4 Å². The molecule has 0 bridgehead atoms. The number of carbonyl (C=O) groups excluding carboxylic acids is 1. The van der Waals surface area contributed by atoms with Gasteiger partial charge in [0.25, 0.3) is 0 Å². The maximum atomic E-state index is 12.2. The van der Waals surface area contributed by atoms with E-state index in [0.717, 1.165) is 22.8 Å². The van der Waals surface area contributed by atoms with Crippen molar-refractivity contribution >= 4 is 29.1 Å². The van der Waals surface area contributed by atoms with E-state index in [2.05, 4.69) is 6.92 Å². The normalized spacial score (nSPS) is 23.9. The first-order valence-electron chi connectivity index (χ1n) is 6.57. The number of Topliss-reactive ketones (excluding diaryl/α,β-unsaturated/α-hetero) is 1. The van der Waals surface area contributed by atoms with E-state index in [4.69, 9.17) is 11.6 Å². The molecule has 0 aromatic heterocycles. The lowest BCUT2D eigenvalue weighted by molar-refractivity contribution is -0.121. The highest BCUT2D eigenvalue weighted by Crippen LogP contribution is 2.32. The molecule has 1 aromatic rings. The zero-order valence-electron chi connectivity index (χ0n) is 10.7. The van der Waals surface area contributed by atoms with Gasteiger partial charge in [-0.1, -0.05) is 43.5 Å². The molecule has 0 aliphatic heterocycles. The van der Waals surface area contributed by atoms with Crippen LogP contribution in [0.15, 0.2) is 29.2 Å². The highest BCUT2D eigenvalue weighted by atomic mass is 35.5. The van der Waals surface area contributed by atoms with Crippen molar-refractivity contribution in [3.63, 3.8) is 0 Å². The van der Waals surface area contributed by atoms with Crippen LogP contribution in [-0.2, 0) is 4.79 Å². The molecular formula is C15H19ClOS. The van der Waals surface area contributed by atoms with E-state index in [1.54, 1.807) is 11.8 Å². The summed E-state index contributed by atoms with van der Waals surface area (Å²) in [5.41, 5.74) is 0. The largest absolute Gasteiger partial charge is 0.298 e. The maximum absolute atomic E-state index is 12.2. The molecule has 0 N–H and O–H groups in total. The molecule has 2 rings (SSSR count). The van der Waals surface area contributed by atoms with Crippen LogP contribution < -0.4 is 0 Å². The Kier molecular flexibility index (Phi) is 5.13. The zero-order valence-corrected chi connectivity index (χ0v) is 12.3. The molecule has 1 nitrogen and oxygen atoms in total. The van der Waals surface area contributed by atoms with Crippen molar-refractivity contribution in [2.75, 3.05) is 5.75 Å². The maximum Gasteiger partial charge on any atom is 0.146 e. The lowest BCUT2D eigenvalue weighted by Gasteiger charge is -2.25. The molecular weight excluding hydrogens is 264 g/mol. The van der Waals surface area contributed by atoms with E-state index < -0.39 is 0 Å². The van der Waals surface area contributed by atoms with E-state index >= 15 is 0 Å². The van der Waals surface area contributed by atoms with Crippen LogP contribution in [-0.4, -0.2) is 11.5 Å². The van der Waals surface area contributed by atoms with E-state index in [1.807, 2.05) is 24.3 Å². The number of hydrogen-bond acceptors (Lipinski definition) is 2. The first-order chi connectivity index (χ1) is 8.66. The molecule has 0 heterocycles. The molecule has 0 saturated heterocycles. The second-order valence-electron chi connectivity index (χ2n) is 5.15. The van der Waals surface area contributed by atoms with Gasteiger partial charge in [-0.15, -0.1) is 11.8 Å². The van der Waals surface area contributed by atoms with Gasteiger partial charge in [-0.2, -0.15) is 0 Å². The SMILES string of the molecule is CC1CCCC(C(=O)CSc2ccccc2Cl)C1. The minimum Gasteiger partial charge on any atom is -0.298 e. The van der Waals surface area contributed by atoms with Crippen LogP contribution in [0, 0.1) is 11.8 Å². The lowest BCUT2D eigenvalue weighted by atomic mass is 9.81. The number of thioether (sulfide) groups is 1. The molecule has 1 saturated carbocycles. The highest BCUT2D eigenvalue weighted by molar-refractivity contribution is 8.00. The number of benzene rings is 1. The van der Waals surface area contributed by atoms with E-state index in [1.165, 1.54) is 12.8 Å². The smallest absolute Gasteiger partial charge is 0.146 e. The minimum atomic E-state index is 0.281. The molecule has 1 aromatic carbocycles. The van der Waals surface area contributed by atoms with Crippen molar-refractivity contribution < 1.29 is 4.79 Å². The Morgan fingerprint density at radius 3 is 2.89 bits per heavy atom. The summed E-state index contributed by atoms with van der Waals surface area (Å²) in [5, 5.41) is 0.743. The summed E-state index contributed by atoms with van der Waals surface area (Å²) in [6, 6.07) is 7.72. The number of halogens is 1. The fraction of sp³-hybridized carbons (Fsp3) is 0.533. The summed E-state index contributed by atoms with van der Waals surface area (Å²) in [5.74, 6) is 1.94. The predicted octanol–water partition coefficient (Wildman–Crippen LogP) is 4.83. The average Bonchev–Trinajstić information content (AvgIpc) is 2.37. The summed E-state index contributed by atoms with van der Waals surface area (Å²) < 4.78 is 0. The van der Waals surface area contributed by atoms with Gasteiger partial charge < -0.3 is 0 Å². The Balaban J connectivity index is 1.86. The van der Waals surface area contributed by atoms with Crippen LogP contribution in [0.3, 0.4) is 0 Å². The Labute approximate surface area is 118 Å². The molecule has 0 amide bonds. The Hall–Kier alpha value is -0.470. The molecule has 2 unspecified atom stereocenters. The van der Waals surface area contributed by atoms with Crippen LogP contribution in [0.2, 0.25) is 5.02 Å². The van der Waals surface area contributed by atoms with E-state index in [0.29, 0.717) is 17.5 Å². The lowest BCUT2D eigenvalue weighted by Crippen LogP contribution is -2.23. The average molecular weight is 283 g/mol. The number of rotatable bonds is 4. The first kappa shape index (κ1) is 14.0. The fourth-order valence-corrected chi connectivity index (χ4v) is 3.77. The van der Waals surface area contributed by atoms with Crippen molar-refractivity contribution in [3.05, 3.63) is 29.3 Å². The van der Waals surface area contributed by atoms with Crippen LogP contribution in [0.4, 0.5) is 0 Å². The van der Waals surface area contributed by atoms with Crippen molar-refractivity contribution in [1.82, 2.24) is 0 Å². The third-order valence-electron chi connectivity index (χ3n) is 3.60. The summed E-state index contributed by atoms with van der Waals surface area (Å²) >= 11 is 7.65. The molecule has 0 radical (unpaired) electrons. The Bertz CT molecular complexity index is 419. The second-order valence-corrected chi connectivity index (χ2v) is 6.58. The highest BCUT2D eigenvalue weighted by Gasteiger charge is 2.24.